The van der Waals surface area contributed by atoms with E-state index in [2.05, 4.69) is 5.32 Å². The standard InChI is InChI=1S/C20H25N3O5/c1-12-4-6-13(7-5-12)23-18(27)17-14(21-19(23)28)8-9-22(17)15(24)10-20(2,3)11-16(25)26/h4-7,14,17H,8-11H2,1-3H3,(H,21,28)(H,25,26). The quantitative estimate of drug-likeness (QED) is 0.803. The molecule has 2 saturated heterocycles. The van der Waals surface area contributed by atoms with Gasteiger partial charge in [0, 0.05) is 13.0 Å². The van der Waals surface area contributed by atoms with Crippen LogP contribution in [0.25, 0.3) is 0 Å². The Morgan fingerprint density at radius 1 is 1.18 bits per heavy atom. The lowest BCUT2D eigenvalue weighted by atomic mass is 9.85. The monoisotopic (exact) mass is 387 g/mol. The Kier molecular flexibility index (Phi) is 5.14. The Balaban J connectivity index is 1.81. The summed E-state index contributed by atoms with van der Waals surface area (Å²) in [6.45, 7) is 5.70. The van der Waals surface area contributed by atoms with E-state index in [-0.39, 0.29) is 18.7 Å². The topological polar surface area (TPSA) is 107 Å². The molecule has 3 rings (SSSR count). The van der Waals surface area contributed by atoms with Crippen LogP contribution in [0.1, 0.15) is 38.7 Å². The van der Waals surface area contributed by atoms with E-state index in [0.29, 0.717) is 18.7 Å². The number of likely N-dealkylation sites (tertiary alicyclic amines) is 1. The molecule has 4 amide bonds. The fourth-order valence-electron chi connectivity index (χ4n) is 3.91. The van der Waals surface area contributed by atoms with Crippen LogP contribution in [0.15, 0.2) is 24.3 Å². The number of urea groups is 1. The molecule has 150 valence electrons. The lowest BCUT2D eigenvalue weighted by molar-refractivity contribution is -0.143. The maximum Gasteiger partial charge on any atom is 0.329 e. The number of benzene rings is 1. The van der Waals surface area contributed by atoms with E-state index >= 15 is 0 Å². The molecule has 8 heteroatoms. The van der Waals surface area contributed by atoms with Gasteiger partial charge in [-0.1, -0.05) is 31.5 Å². The first-order valence-corrected chi connectivity index (χ1v) is 9.31. The number of carbonyl (C=O) groups is 4. The molecule has 2 aliphatic rings. The Hall–Kier alpha value is -2.90. The molecule has 2 fully saturated rings. The molecule has 28 heavy (non-hydrogen) atoms. The summed E-state index contributed by atoms with van der Waals surface area (Å²) in [4.78, 5) is 52.1. The molecule has 8 nitrogen and oxygen atoms in total. The van der Waals surface area contributed by atoms with E-state index in [1.54, 1.807) is 26.0 Å². The third-order valence-corrected chi connectivity index (χ3v) is 5.26. The molecular formula is C20H25N3O5. The number of carboxylic acids is 1. The van der Waals surface area contributed by atoms with Crippen molar-refractivity contribution < 1.29 is 24.3 Å². The van der Waals surface area contributed by atoms with Crippen LogP contribution in [0.3, 0.4) is 0 Å². The number of nitrogens with zero attached hydrogens (tertiary/aromatic N) is 2. The number of carboxylic acid groups (broad SMARTS) is 1. The Morgan fingerprint density at radius 3 is 2.43 bits per heavy atom. The normalized spacial score (nSPS) is 22.1. The SMILES string of the molecule is Cc1ccc(N2C(=O)NC3CCN(C(=O)CC(C)(C)CC(=O)O)C3C2=O)cc1. The van der Waals surface area contributed by atoms with Crippen LogP contribution >= 0.6 is 0 Å². The first-order chi connectivity index (χ1) is 13.1. The summed E-state index contributed by atoms with van der Waals surface area (Å²) in [7, 11) is 0. The smallest absolute Gasteiger partial charge is 0.329 e. The van der Waals surface area contributed by atoms with Crippen LogP contribution in [0.4, 0.5) is 10.5 Å². The molecule has 1 aromatic carbocycles. The van der Waals surface area contributed by atoms with Crippen LogP contribution in [-0.4, -0.2) is 52.4 Å². The Labute approximate surface area is 163 Å². The zero-order chi connectivity index (χ0) is 20.6. The highest BCUT2D eigenvalue weighted by Gasteiger charge is 2.50. The molecule has 0 aromatic heterocycles. The van der Waals surface area contributed by atoms with Gasteiger partial charge in [0.25, 0.3) is 5.91 Å². The molecule has 0 spiro atoms. The van der Waals surface area contributed by atoms with E-state index in [1.807, 2.05) is 19.1 Å². The lowest BCUT2D eigenvalue weighted by Gasteiger charge is -2.37. The molecule has 0 saturated carbocycles. The number of anilines is 1. The molecule has 1 aromatic rings. The van der Waals surface area contributed by atoms with Crippen LogP contribution in [0.2, 0.25) is 0 Å². The van der Waals surface area contributed by atoms with Crippen LogP contribution in [0.5, 0.6) is 0 Å². The van der Waals surface area contributed by atoms with E-state index in [4.69, 9.17) is 5.11 Å². The van der Waals surface area contributed by atoms with E-state index in [0.717, 1.165) is 10.5 Å². The number of hydrogen-bond acceptors (Lipinski definition) is 4. The van der Waals surface area contributed by atoms with E-state index in [1.165, 1.54) is 4.90 Å². The lowest BCUT2D eigenvalue weighted by Crippen LogP contribution is -2.65. The molecule has 2 unspecified atom stereocenters. The summed E-state index contributed by atoms with van der Waals surface area (Å²) in [6.07, 6.45) is 0.379. The second-order valence-corrected chi connectivity index (χ2v) is 8.30. The van der Waals surface area contributed by atoms with E-state index < -0.39 is 35.4 Å². The minimum atomic E-state index is -0.969. The van der Waals surface area contributed by atoms with Gasteiger partial charge in [0.05, 0.1) is 18.2 Å². The Bertz CT molecular complexity index is 818. The summed E-state index contributed by atoms with van der Waals surface area (Å²) in [5, 5.41) is 11.9. The number of fused-ring (bicyclic) bond motifs is 1. The average molecular weight is 387 g/mol. The highest BCUT2D eigenvalue weighted by molar-refractivity contribution is 6.19. The number of hydrogen-bond donors (Lipinski definition) is 2. The number of amides is 4. The molecule has 0 bridgehead atoms. The third-order valence-electron chi connectivity index (χ3n) is 5.26. The fraction of sp³-hybridized carbons (Fsp3) is 0.500. The molecule has 2 N–H and O–H groups in total. The van der Waals surface area contributed by atoms with Crippen molar-refractivity contribution in [1.29, 1.82) is 0 Å². The Morgan fingerprint density at radius 2 is 1.82 bits per heavy atom. The number of rotatable bonds is 5. The maximum atomic E-state index is 13.1. The summed E-state index contributed by atoms with van der Waals surface area (Å²) in [5.41, 5.74) is 0.736. The van der Waals surface area contributed by atoms with Gasteiger partial charge in [-0.15, -0.1) is 0 Å². The van der Waals surface area contributed by atoms with Gasteiger partial charge in [0.1, 0.15) is 6.04 Å². The van der Waals surface area contributed by atoms with Crippen molar-refractivity contribution in [1.82, 2.24) is 10.2 Å². The van der Waals surface area contributed by atoms with Crippen molar-refractivity contribution in [2.24, 2.45) is 5.41 Å². The van der Waals surface area contributed by atoms with Crippen molar-refractivity contribution in [2.75, 3.05) is 11.4 Å². The first kappa shape index (κ1) is 19.9. The van der Waals surface area contributed by atoms with Crippen molar-refractivity contribution >= 4 is 29.5 Å². The van der Waals surface area contributed by atoms with Crippen LogP contribution < -0.4 is 10.2 Å². The number of aliphatic carboxylic acids is 1. The number of carbonyl (C=O) groups excluding carboxylic acids is 3. The van der Waals surface area contributed by atoms with Gasteiger partial charge in [-0.2, -0.15) is 0 Å². The molecule has 2 aliphatic heterocycles. The van der Waals surface area contributed by atoms with Crippen LogP contribution in [0, 0.1) is 12.3 Å². The van der Waals surface area contributed by atoms with Gasteiger partial charge in [0.2, 0.25) is 5.91 Å². The van der Waals surface area contributed by atoms with Crippen molar-refractivity contribution in [2.45, 2.75) is 52.1 Å². The predicted molar refractivity (Wildman–Crippen MR) is 102 cm³/mol. The van der Waals surface area contributed by atoms with Crippen molar-refractivity contribution in [3.63, 3.8) is 0 Å². The molecule has 0 radical (unpaired) electrons. The number of nitrogens with one attached hydrogen (secondary N) is 1. The van der Waals surface area contributed by atoms with Gasteiger partial charge in [-0.3, -0.25) is 14.4 Å². The van der Waals surface area contributed by atoms with Crippen molar-refractivity contribution in [3.8, 4) is 0 Å². The van der Waals surface area contributed by atoms with Gasteiger partial charge < -0.3 is 15.3 Å². The van der Waals surface area contributed by atoms with Gasteiger partial charge in [-0.25, -0.2) is 9.69 Å². The zero-order valence-corrected chi connectivity index (χ0v) is 16.3. The van der Waals surface area contributed by atoms with Gasteiger partial charge in [-0.05, 0) is 30.9 Å². The minimum Gasteiger partial charge on any atom is -0.481 e. The van der Waals surface area contributed by atoms with Crippen molar-refractivity contribution in [3.05, 3.63) is 29.8 Å². The fourth-order valence-corrected chi connectivity index (χ4v) is 3.91. The third kappa shape index (κ3) is 3.85. The second-order valence-electron chi connectivity index (χ2n) is 8.30. The largest absolute Gasteiger partial charge is 0.481 e. The summed E-state index contributed by atoms with van der Waals surface area (Å²) >= 11 is 0. The van der Waals surface area contributed by atoms with Crippen LogP contribution in [-0.2, 0) is 14.4 Å². The number of aryl methyl sites for hydroxylation is 1. The zero-order valence-electron chi connectivity index (χ0n) is 16.3. The van der Waals surface area contributed by atoms with Gasteiger partial charge >= 0.3 is 12.0 Å². The first-order valence-electron chi connectivity index (χ1n) is 9.31. The molecule has 2 atom stereocenters. The predicted octanol–water partition coefficient (Wildman–Crippen LogP) is 1.91. The highest BCUT2D eigenvalue weighted by Crippen LogP contribution is 2.31. The van der Waals surface area contributed by atoms with Gasteiger partial charge in [0.15, 0.2) is 0 Å². The summed E-state index contributed by atoms with van der Waals surface area (Å²) in [5.74, 6) is -1.67. The maximum absolute atomic E-state index is 13.1. The van der Waals surface area contributed by atoms with E-state index in [9.17, 15) is 19.2 Å². The number of imide groups is 1. The second kappa shape index (κ2) is 7.26. The molecule has 0 aliphatic carbocycles. The summed E-state index contributed by atoms with van der Waals surface area (Å²) < 4.78 is 0. The highest BCUT2D eigenvalue weighted by atomic mass is 16.4. The minimum absolute atomic E-state index is 0.0221. The molecular weight excluding hydrogens is 362 g/mol. The summed E-state index contributed by atoms with van der Waals surface area (Å²) in [6, 6.07) is 5.34. The average Bonchev–Trinajstić information content (AvgIpc) is 2.99. The molecule has 2 heterocycles.